The average molecular weight is 659 g/mol. The molecular weight excluding hydrogens is 633 g/mol. The second-order valence-corrected chi connectivity index (χ2v) is 11.0. The van der Waals surface area contributed by atoms with Gasteiger partial charge in [-0.25, -0.2) is 9.02 Å². The lowest BCUT2D eigenvalue weighted by Gasteiger charge is -2.31. The number of nitrogens with one attached hydrogen (secondary N) is 1. The van der Waals surface area contributed by atoms with E-state index in [-0.39, 0.29) is 30.5 Å². The van der Waals surface area contributed by atoms with Crippen molar-refractivity contribution in [2.75, 3.05) is 13.2 Å². The number of carboxylic acids is 1. The smallest absolute Gasteiger partial charge is 0.323 e. The van der Waals surface area contributed by atoms with Crippen molar-refractivity contribution in [3.05, 3.63) is 101 Å². The van der Waals surface area contributed by atoms with E-state index in [1.54, 1.807) is 30.3 Å². The summed E-state index contributed by atoms with van der Waals surface area (Å²) in [5, 5.41) is 29.3. The van der Waals surface area contributed by atoms with Crippen molar-refractivity contribution >= 4 is 50.1 Å². The fourth-order valence-electron chi connectivity index (χ4n) is 4.42. The minimum atomic E-state index is -1.89. The van der Waals surface area contributed by atoms with E-state index in [2.05, 4.69) is 31.6 Å². The molecule has 0 saturated carbocycles. The molecule has 12 heteroatoms. The molecule has 1 aliphatic rings. The van der Waals surface area contributed by atoms with Crippen molar-refractivity contribution in [2.45, 2.75) is 29.7 Å². The van der Waals surface area contributed by atoms with E-state index in [1.165, 1.54) is 12.1 Å². The lowest BCUT2D eigenvalue weighted by molar-refractivity contribution is -0.140. The fraction of sp³-hybridized carbons (Fsp3) is 0.233. The van der Waals surface area contributed by atoms with Gasteiger partial charge in [0.05, 0.1) is 16.5 Å². The summed E-state index contributed by atoms with van der Waals surface area (Å²) in [6, 6.07) is 16.7. The monoisotopic (exact) mass is 657 g/mol. The topological polar surface area (TPSA) is 127 Å². The van der Waals surface area contributed by atoms with Crippen molar-refractivity contribution in [1.82, 2.24) is 15.6 Å². The van der Waals surface area contributed by atoms with E-state index in [1.807, 2.05) is 36.4 Å². The van der Waals surface area contributed by atoms with Gasteiger partial charge in [0, 0.05) is 18.2 Å². The molecular formula is C30H26BrClFN3O6. The van der Waals surface area contributed by atoms with Crippen LogP contribution in [-0.4, -0.2) is 56.2 Å². The average Bonchev–Trinajstić information content (AvgIpc) is 3.46. The maximum absolute atomic E-state index is 16.2. The van der Waals surface area contributed by atoms with Gasteiger partial charge in [0.1, 0.15) is 41.8 Å². The number of ether oxygens (including phenoxy) is 2. The van der Waals surface area contributed by atoms with Gasteiger partial charge in [-0.3, -0.25) is 10.1 Å². The lowest BCUT2D eigenvalue weighted by atomic mass is 9.88. The molecule has 0 fully saturated rings. The summed E-state index contributed by atoms with van der Waals surface area (Å²) < 4.78 is 33.0. The van der Waals surface area contributed by atoms with Crippen molar-refractivity contribution in [3.63, 3.8) is 0 Å². The molecule has 0 spiro atoms. The highest BCUT2D eigenvalue weighted by atomic mass is 79.9. The van der Waals surface area contributed by atoms with Crippen LogP contribution in [0.25, 0.3) is 16.6 Å². The number of nitrogens with zero attached hydrogens (tertiary/aromatic N) is 2. The van der Waals surface area contributed by atoms with Crippen molar-refractivity contribution in [2.24, 2.45) is 0 Å². The number of aromatic nitrogens is 2. The van der Waals surface area contributed by atoms with E-state index in [0.29, 0.717) is 22.3 Å². The highest BCUT2D eigenvalue weighted by Gasteiger charge is 2.40. The van der Waals surface area contributed by atoms with Crippen LogP contribution in [0.4, 0.5) is 4.39 Å². The minimum Gasteiger partial charge on any atom is -0.488 e. The zero-order chi connectivity index (χ0) is 29.7. The van der Waals surface area contributed by atoms with Crippen molar-refractivity contribution in [3.8, 4) is 11.5 Å². The third-order valence-corrected chi connectivity index (χ3v) is 8.30. The number of hydrogen-bond donors (Lipinski definition) is 3. The van der Waals surface area contributed by atoms with Crippen LogP contribution < -0.4 is 14.8 Å². The standard InChI is InChI=1S/C30H26BrClFN3O6/c31-28-21(19-5-2-1-3-6-19)7-4-10-30(28,33)17-41-27-13-26(20(12-22(27)32)14-34-25(15-37)29(38)39)40-16-18-8-9-23-24(11-18)36-42-35-23/h1-13,25,28,34,37H,14-17H2,(H,38,39). The predicted molar refractivity (Wildman–Crippen MR) is 159 cm³/mol. The van der Waals surface area contributed by atoms with Crippen molar-refractivity contribution in [1.29, 1.82) is 0 Å². The Morgan fingerprint density at radius 3 is 2.67 bits per heavy atom. The summed E-state index contributed by atoms with van der Waals surface area (Å²) in [4.78, 5) is 10.7. The molecule has 5 rings (SSSR count). The van der Waals surface area contributed by atoms with Crippen LogP contribution in [0.5, 0.6) is 11.5 Å². The molecule has 218 valence electrons. The quantitative estimate of drug-likeness (QED) is 0.169. The summed E-state index contributed by atoms with van der Waals surface area (Å²) >= 11 is 10.1. The van der Waals surface area contributed by atoms with Crippen LogP contribution >= 0.6 is 27.5 Å². The maximum Gasteiger partial charge on any atom is 0.323 e. The highest BCUT2D eigenvalue weighted by molar-refractivity contribution is 9.09. The van der Waals surface area contributed by atoms with Gasteiger partial charge in [0.25, 0.3) is 0 Å². The van der Waals surface area contributed by atoms with Gasteiger partial charge < -0.3 is 19.7 Å². The Labute approximate surface area is 253 Å². The number of carbonyl (C=O) groups is 1. The maximum atomic E-state index is 16.2. The third kappa shape index (κ3) is 6.65. The first-order valence-electron chi connectivity index (χ1n) is 12.9. The molecule has 3 atom stereocenters. The van der Waals surface area contributed by atoms with E-state index in [4.69, 9.17) is 25.7 Å². The highest BCUT2D eigenvalue weighted by Crippen LogP contribution is 2.40. The number of allylic oxidation sites excluding steroid dienone is 3. The number of aliphatic hydroxyl groups is 1. The Hall–Kier alpha value is -3.77. The minimum absolute atomic E-state index is 0.0175. The molecule has 0 bridgehead atoms. The Morgan fingerprint density at radius 2 is 1.90 bits per heavy atom. The normalized spacial score (nSPS) is 19.0. The van der Waals surface area contributed by atoms with E-state index in [9.17, 15) is 15.0 Å². The number of halogens is 3. The number of fused-ring (bicyclic) bond motifs is 1. The van der Waals surface area contributed by atoms with Crippen LogP contribution in [0.2, 0.25) is 5.02 Å². The molecule has 42 heavy (non-hydrogen) atoms. The first-order chi connectivity index (χ1) is 20.3. The molecule has 3 unspecified atom stereocenters. The number of benzene rings is 3. The summed E-state index contributed by atoms with van der Waals surface area (Å²) in [7, 11) is 0. The molecule has 1 aliphatic carbocycles. The molecule has 4 aromatic rings. The second kappa shape index (κ2) is 13.0. The molecule has 3 N–H and O–H groups in total. The van der Waals surface area contributed by atoms with Gasteiger partial charge in [0.2, 0.25) is 0 Å². The zero-order valence-electron chi connectivity index (χ0n) is 22.0. The molecule has 0 saturated heterocycles. The van der Waals surface area contributed by atoms with Gasteiger partial charge >= 0.3 is 5.97 Å². The Balaban J connectivity index is 1.36. The van der Waals surface area contributed by atoms with Crippen molar-refractivity contribution < 1.29 is 33.5 Å². The number of alkyl halides is 2. The Morgan fingerprint density at radius 1 is 1.12 bits per heavy atom. The van der Waals surface area contributed by atoms with Gasteiger partial charge in [-0.15, -0.1) is 0 Å². The van der Waals surface area contributed by atoms with Crippen LogP contribution in [0, 0.1) is 0 Å². The Bertz CT molecular complexity index is 1630. The summed E-state index contributed by atoms with van der Waals surface area (Å²) in [5.41, 5.74) is 2.22. The van der Waals surface area contributed by atoms with Gasteiger partial charge in [-0.05, 0) is 51.3 Å². The largest absolute Gasteiger partial charge is 0.488 e. The summed E-state index contributed by atoms with van der Waals surface area (Å²) in [6.07, 6.45) is 4.96. The van der Waals surface area contributed by atoms with Crippen LogP contribution in [0.15, 0.2) is 83.5 Å². The Kier molecular flexibility index (Phi) is 9.22. The summed E-state index contributed by atoms with van der Waals surface area (Å²) in [6.45, 7) is -0.819. The molecule has 9 nitrogen and oxygen atoms in total. The van der Waals surface area contributed by atoms with Gasteiger partial charge in [-0.1, -0.05) is 76.1 Å². The molecule has 0 aliphatic heterocycles. The molecule has 1 aromatic heterocycles. The van der Waals surface area contributed by atoms with Crippen LogP contribution in [0.1, 0.15) is 16.7 Å². The van der Waals surface area contributed by atoms with Gasteiger partial charge in [0.15, 0.2) is 5.67 Å². The molecule has 1 heterocycles. The fourth-order valence-corrected chi connectivity index (χ4v) is 5.37. The molecule has 0 radical (unpaired) electrons. The van der Waals surface area contributed by atoms with E-state index in [0.717, 1.165) is 16.7 Å². The van der Waals surface area contributed by atoms with Crippen LogP contribution in [0.3, 0.4) is 0 Å². The number of rotatable bonds is 12. The van der Waals surface area contributed by atoms with E-state index < -0.39 is 29.1 Å². The SMILES string of the molecule is O=C(O)C(CO)NCc1cc(Cl)c(OCC2(F)C=CC=C(c3ccccc3)C2Br)cc1OCc1ccc2nonc2c1. The molecule has 3 aromatic carbocycles. The number of aliphatic hydroxyl groups excluding tert-OH is 1. The first-order valence-corrected chi connectivity index (χ1v) is 14.2. The third-order valence-electron chi connectivity index (χ3n) is 6.75. The number of hydrogen-bond acceptors (Lipinski definition) is 8. The number of carboxylic acid groups (broad SMARTS) is 1. The van der Waals surface area contributed by atoms with Gasteiger partial charge in [-0.2, -0.15) is 0 Å². The lowest BCUT2D eigenvalue weighted by Crippen LogP contribution is -2.40. The van der Waals surface area contributed by atoms with Crippen LogP contribution in [-0.2, 0) is 17.9 Å². The zero-order valence-corrected chi connectivity index (χ0v) is 24.4. The second-order valence-electron chi connectivity index (χ2n) is 9.65. The summed E-state index contributed by atoms with van der Waals surface area (Å²) in [5.74, 6) is -0.693. The number of aliphatic carboxylic acids is 1. The predicted octanol–water partition coefficient (Wildman–Crippen LogP) is 5.49. The first kappa shape index (κ1) is 29.7. The van der Waals surface area contributed by atoms with E-state index >= 15 is 4.39 Å². The molecule has 0 amide bonds.